The predicted octanol–water partition coefficient (Wildman–Crippen LogP) is 4.48. The number of ether oxygens (including phenoxy) is 1. The van der Waals surface area contributed by atoms with Gasteiger partial charge in [-0.1, -0.05) is 35.0 Å². The first-order valence-corrected chi connectivity index (χ1v) is 8.74. The summed E-state index contributed by atoms with van der Waals surface area (Å²) >= 11 is 13.5. The molecule has 1 aliphatic rings. The van der Waals surface area contributed by atoms with Crippen LogP contribution in [-0.2, 0) is 9.53 Å². The normalized spacial score (nSPS) is 20.7. The number of carbonyl (C=O) groups is 1. The number of esters is 1. The van der Waals surface area contributed by atoms with E-state index in [1.54, 1.807) is 18.2 Å². The van der Waals surface area contributed by atoms with Gasteiger partial charge >= 0.3 is 5.97 Å². The standard InChI is InChI=1S/C15H14Cl2N2O3S/c1-21-14(20)8-2-4-10(6-8)23-15-19-18-13(22-15)11-5-3-9(16)7-12(11)17/h3,5,7-8,10H,2,4,6H2,1H3/t8-,10+/m1/s1. The Hall–Kier alpha value is -1.24. The van der Waals surface area contributed by atoms with Crippen molar-refractivity contribution in [1.29, 1.82) is 0 Å². The Labute approximate surface area is 147 Å². The van der Waals surface area contributed by atoms with Crippen molar-refractivity contribution < 1.29 is 13.9 Å². The van der Waals surface area contributed by atoms with Gasteiger partial charge in [0.25, 0.3) is 5.22 Å². The van der Waals surface area contributed by atoms with Gasteiger partial charge in [0.05, 0.1) is 23.6 Å². The summed E-state index contributed by atoms with van der Waals surface area (Å²) in [6.45, 7) is 0. The zero-order chi connectivity index (χ0) is 16.4. The molecule has 122 valence electrons. The van der Waals surface area contributed by atoms with Gasteiger partial charge in [-0.15, -0.1) is 10.2 Å². The number of rotatable bonds is 4. The van der Waals surface area contributed by atoms with Crippen LogP contribution in [0.3, 0.4) is 0 Å². The van der Waals surface area contributed by atoms with Crippen molar-refractivity contribution in [2.75, 3.05) is 7.11 Å². The first-order valence-electron chi connectivity index (χ1n) is 7.10. The lowest BCUT2D eigenvalue weighted by Crippen LogP contribution is -2.13. The molecule has 0 N–H and O–H groups in total. The van der Waals surface area contributed by atoms with E-state index in [0.29, 0.717) is 26.7 Å². The number of hydrogen-bond acceptors (Lipinski definition) is 6. The Balaban J connectivity index is 1.67. The molecule has 0 aliphatic heterocycles. The van der Waals surface area contributed by atoms with E-state index in [1.165, 1.54) is 18.9 Å². The zero-order valence-electron chi connectivity index (χ0n) is 12.3. The minimum Gasteiger partial charge on any atom is -0.469 e. The summed E-state index contributed by atoms with van der Waals surface area (Å²) in [6, 6.07) is 5.10. The van der Waals surface area contributed by atoms with Crippen molar-refractivity contribution in [3.8, 4) is 11.5 Å². The highest BCUT2D eigenvalue weighted by Gasteiger charge is 2.32. The fourth-order valence-corrected chi connectivity index (χ4v) is 4.17. The molecular weight excluding hydrogens is 359 g/mol. The minimum absolute atomic E-state index is 0.0365. The predicted molar refractivity (Wildman–Crippen MR) is 88.8 cm³/mol. The second-order valence-corrected chi connectivity index (χ2v) is 7.37. The van der Waals surface area contributed by atoms with Crippen molar-refractivity contribution in [2.24, 2.45) is 5.92 Å². The monoisotopic (exact) mass is 372 g/mol. The van der Waals surface area contributed by atoms with Crippen molar-refractivity contribution in [1.82, 2.24) is 10.2 Å². The largest absolute Gasteiger partial charge is 0.469 e. The van der Waals surface area contributed by atoms with Crippen LogP contribution >= 0.6 is 35.0 Å². The molecule has 0 amide bonds. The van der Waals surface area contributed by atoms with Crippen LogP contribution in [0.2, 0.25) is 10.0 Å². The molecule has 1 aromatic carbocycles. The van der Waals surface area contributed by atoms with Gasteiger partial charge in [-0.05, 0) is 37.5 Å². The molecule has 8 heteroatoms. The molecule has 5 nitrogen and oxygen atoms in total. The molecule has 1 fully saturated rings. The molecule has 2 aromatic rings. The topological polar surface area (TPSA) is 65.2 Å². The molecule has 2 atom stereocenters. The lowest BCUT2D eigenvalue weighted by Gasteiger charge is -2.07. The van der Waals surface area contributed by atoms with E-state index in [2.05, 4.69) is 10.2 Å². The average molecular weight is 373 g/mol. The summed E-state index contributed by atoms with van der Waals surface area (Å²) in [5.74, 6) is 0.176. The number of carbonyl (C=O) groups excluding carboxylic acids is 1. The third-order valence-corrected chi connectivity index (χ3v) is 5.43. The lowest BCUT2D eigenvalue weighted by atomic mass is 10.1. The average Bonchev–Trinajstić information content (AvgIpc) is 3.16. The van der Waals surface area contributed by atoms with E-state index < -0.39 is 0 Å². The van der Waals surface area contributed by atoms with Crippen molar-refractivity contribution in [3.05, 3.63) is 28.2 Å². The van der Waals surface area contributed by atoms with E-state index in [4.69, 9.17) is 32.4 Å². The van der Waals surface area contributed by atoms with Crippen molar-refractivity contribution in [3.63, 3.8) is 0 Å². The molecule has 0 saturated heterocycles. The third-order valence-electron chi connectivity index (χ3n) is 3.75. The number of nitrogens with zero attached hydrogens (tertiary/aromatic N) is 2. The second-order valence-electron chi connectivity index (χ2n) is 5.27. The lowest BCUT2D eigenvalue weighted by molar-refractivity contribution is -0.145. The summed E-state index contributed by atoms with van der Waals surface area (Å²) in [4.78, 5) is 11.6. The smallest absolute Gasteiger partial charge is 0.308 e. The van der Waals surface area contributed by atoms with Gasteiger partial charge in [0.2, 0.25) is 5.89 Å². The van der Waals surface area contributed by atoms with Crippen LogP contribution in [-0.4, -0.2) is 28.5 Å². The zero-order valence-corrected chi connectivity index (χ0v) is 14.6. The Bertz CT molecular complexity index is 722. The van der Waals surface area contributed by atoms with Crippen LogP contribution in [0.4, 0.5) is 0 Å². The molecule has 3 rings (SSSR count). The van der Waals surface area contributed by atoms with E-state index in [0.717, 1.165) is 19.3 Å². The second kappa shape index (κ2) is 7.11. The van der Waals surface area contributed by atoms with Crippen LogP contribution in [0.5, 0.6) is 0 Å². The summed E-state index contributed by atoms with van der Waals surface area (Å²) in [7, 11) is 1.42. The highest BCUT2D eigenvalue weighted by Crippen LogP contribution is 2.39. The third kappa shape index (κ3) is 3.82. The van der Waals surface area contributed by atoms with Crippen molar-refractivity contribution >= 4 is 40.9 Å². The Morgan fingerprint density at radius 2 is 2.17 bits per heavy atom. The maximum Gasteiger partial charge on any atom is 0.308 e. The molecule has 1 heterocycles. The van der Waals surface area contributed by atoms with Gasteiger partial charge in [0.15, 0.2) is 0 Å². The van der Waals surface area contributed by atoms with Gasteiger partial charge in [-0.25, -0.2) is 0 Å². The van der Waals surface area contributed by atoms with Gasteiger partial charge < -0.3 is 9.15 Å². The quantitative estimate of drug-likeness (QED) is 0.737. The maximum absolute atomic E-state index is 11.6. The molecule has 1 aromatic heterocycles. The summed E-state index contributed by atoms with van der Waals surface area (Å²) in [5, 5.41) is 9.84. The van der Waals surface area contributed by atoms with E-state index in [1.807, 2.05) is 0 Å². The van der Waals surface area contributed by atoms with Crippen LogP contribution < -0.4 is 0 Å². The first-order chi connectivity index (χ1) is 11.1. The fourth-order valence-electron chi connectivity index (χ4n) is 2.60. The molecule has 0 unspecified atom stereocenters. The molecule has 0 spiro atoms. The number of halogens is 2. The van der Waals surface area contributed by atoms with E-state index in [-0.39, 0.29) is 17.1 Å². The van der Waals surface area contributed by atoms with E-state index >= 15 is 0 Å². The summed E-state index contributed by atoms with van der Waals surface area (Å²) in [6.07, 6.45) is 2.51. The molecular formula is C15H14Cl2N2O3S. The number of thioether (sulfide) groups is 1. The molecule has 0 radical (unpaired) electrons. The van der Waals surface area contributed by atoms with Gasteiger partial charge in [0, 0.05) is 10.3 Å². The Kier molecular flexibility index (Phi) is 5.14. The van der Waals surface area contributed by atoms with Gasteiger partial charge in [-0.3, -0.25) is 4.79 Å². The first kappa shape index (κ1) is 16.6. The highest BCUT2D eigenvalue weighted by atomic mass is 35.5. The van der Waals surface area contributed by atoms with Gasteiger partial charge in [-0.2, -0.15) is 0 Å². The van der Waals surface area contributed by atoms with E-state index in [9.17, 15) is 4.79 Å². The number of benzene rings is 1. The van der Waals surface area contributed by atoms with Crippen LogP contribution in [0, 0.1) is 5.92 Å². The van der Waals surface area contributed by atoms with Crippen molar-refractivity contribution in [2.45, 2.75) is 29.7 Å². The fraction of sp³-hybridized carbons (Fsp3) is 0.400. The highest BCUT2D eigenvalue weighted by molar-refractivity contribution is 7.99. The maximum atomic E-state index is 11.6. The number of aromatic nitrogens is 2. The summed E-state index contributed by atoms with van der Waals surface area (Å²) in [5.41, 5.74) is 0.647. The molecule has 0 bridgehead atoms. The summed E-state index contributed by atoms with van der Waals surface area (Å²) < 4.78 is 10.5. The van der Waals surface area contributed by atoms with Crippen LogP contribution in [0.15, 0.2) is 27.8 Å². The Morgan fingerprint density at radius 1 is 1.35 bits per heavy atom. The minimum atomic E-state index is -0.146. The molecule has 1 aliphatic carbocycles. The molecule has 1 saturated carbocycles. The number of hydrogen-bond donors (Lipinski definition) is 0. The van der Waals surface area contributed by atoms with Crippen LogP contribution in [0.1, 0.15) is 19.3 Å². The number of methoxy groups -OCH3 is 1. The SMILES string of the molecule is COC(=O)[C@@H]1CC[C@H](Sc2nnc(-c3ccc(Cl)cc3Cl)o2)C1. The van der Waals surface area contributed by atoms with Crippen LogP contribution in [0.25, 0.3) is 11.5 Å². The van der Waals surface area contributed by atoms with Gasteiger partial charge in [0.1, 0.15) is 0 Å². The Morgan fingerprint density at radius 3 is 2.91 bits per heavy atom. The molecule has 23 heavy (non-hydrogen) atoms.